The fourth-order valence-corrected chi connectivity index (χ4v) is 4.69. The van der Waals surface area contributed by atoms with Gasteiger partial charge >= 0.3 is 5.97 Å². The Hall–Kier alpha value is -2.36. The van der Waals surface area contributed by atoms with E-state index in [1.54, 1.807) is 37.3 Å². The number of rotatable bonds is 8. The van der Waals surface area contributed by atoms with Gasteiger partial charge in [-0.15, -0.1) is 0 Å². The summed E-state index contributed by atoms with van der Waals surface area (Å²) in [7, 11) is 0. The molecule has 0 aliphatic carbocycles. The number of nitrogens with zero attached hydrogens (tertiary/aromatic N) is 2. The molecule has 32 heavy (non-hydrogen) atoms. The summed E-state index contributed by atoms with van der Waals surface area (Å²) in [6, 6.07) is 7.07. The van der Waals surface area contributed by atoms with Crippen LogP contribution >= 0.6 is 23.4 Å². The number of imide groups is 1. The van der Waals surface area contributed by atoms with E-state index in [-0.39, 0.29) is 42.7 Å². The first kappa shape index (κ1) is 24.3. The molecule has 10 heteroatoms. The standard InChI is InChI=1S/C22H26ClN3O5S/c1-2-31-21(29)16-7-5-10-25(13-16)14-19(27)24-9-11-26-20(28)18(32-22(26)30)12-15-6-3-4-8-17(15)23/h3-4,6,8,12,16H,2,5,7,9-11,13-14H2,1H3,(H,24,27)/b18-12-. The third kappa shape index (κ3) is 6.34. The van der Waals surface area contributed by atoms with E-state index in [1.807, 2.05) is 4.90 Å². The van der Waals surface area contributed by atoms with Crippen LogP contribution in [0.2, 0.25) is 5.02 Å². The largest absolute Gasteiger partial charge is 0.466 e. The molecule has 1 atom stereocenters. The van der Waals surface area contributed by atoms with Crippen molar-refractivity contribution in [2.75, 3.05) is 39.3 Å². The van der Waals surface area contributed by atoms with Crippen molar-refractivity contribution in [3.63, 3.8) is 0 Å². The Morgan fingerprint density at radius 3 is 2.84 bits per heavy atom. The highest BCUT2D eigenvalue weighted by Gasteiger charge is 2.35. The van der Waals surface area contributed by atoms with Crippen molar-refractivity contribution in [2.45, 2.75) is 19.8 Å². The van der Waals surface area contributed by atoms with Gasteiger partial charge in [0.2, 0.25) is 5.91 Å². The molecule has 2 saturated heterocycles. The summed E-state index contributed by atoms with van der Waals surface area (Å²) in [5, 5.41) is 2.86. The maximum Gasteiger partial charge on any atom is 0.310 e. The topological polar surface area (TPSA) is 96.0 Å². The van der Waals surface area contributed by atoms with E-state index in [0.717, 1.165) is 36.0 Å². The van der Waals surface area contributed by atoms with Gasteiger partial charge in [0.25, 0.3) is 11.1 Å². The Morgan fingerprint density at radius 1 is 1.31 bits per heavy atom. The summed E-state index contributed by atoms with van der Waals surface area (Å²) < 4.78 is 5.08. The van der Waals surface area contributed by atoms with Gasteiger partial charge in [0.15, 0.2) is 0 Å². The summed E-state index contributed by atoms with van der Waals surface area (Å²) in [6.45, 7) is 3.74. The zero-order chi connectivity index (χ0) is 23.1. The Balaban J connectivity index is 1.46. The van der Waals surface area contributed by atoms with Crippen LogP contribution in [-0.4, -0.2) is 72.2 Å². The number of ether oxygens (including phenoxy) is 1. The lowest BCUT2D eigenvalue weighted by molar-refractivity contribution is -0.150. The summed E-state index contributed by atoms with van der Waals surface area (Å²) in [5.74, 6) is -1.05. The van der Waals surface area contributed by atoms with Crippen LogP contribution in [0.5, 0.6) is 0 Å². The monoisotopic (exact) mass is 479 g/mol. The Morgan fingerprint density at radius 2 is 2.09 bits per heavy atom. The second-order valence-corrected chi connectivity index (χ2v) is 8.93. The maximum absolute atomic E-state index is 12.6. The first-order valence-corrected chi connectivity index (χ1v) is 11.7. The fourth-order valence-electron chi connectivity index (χ4n) is 3.64. The quantitative estimate of drug-likeness (QED) is 0.452. The number of thioether (sulfide) groups is 1. The van der Waals surface area contributed by atoms with Gasteiger partial charge < -0.3 is 10.1 Å². The third-order valence-corrected chi connectivity index (χ3v) is 6.47. The number of halogens is 1. The number of piperidine rings is 1. The summed E-state index contributed by atoms with van der Waals surface area (Å²) in [4.78, 5) is 52.4. The lowest BCUT2D eigenvalue weighted by atomic mass is 9.98. The molecule has 1 N–H and O–H groups in total. The van der Waals surface area contributed by atoms with E-state index >= 15 is 0 Å². The minimum atomic E-state index is -0.400. The van der Waals surface area contributed by atoms with E-state index in [9.17, 15) is 19.2 Å². The van der Waals surface area contributed by atoms with Crippen LogP contribution in [0.3, 0.4) is 0 Å². The minimum absolute atomic E-state index is 0.0850. The molecular weight excluding hydrogens is 454 g/mol. The van der Waals surface area contributed by atoms with E-state index in [0.29, 0.717) is 28.6 Å². The number of hydrogen-bond donors (Lipinski definition) is 1. The zero-order valence-corrected chi connectivity index (χ0v) is 19.4. The van der Waals surface area contributed by atoms with Crippen molar-refractivity contribution < 1.29 is 23.9 Å². The van der Waals surface area contributed by atoms with Gasteiger partial charge in [-0.2, -0.15) is 0 Å². The minimum Gasteiger partial charge on any atom is -0.466 e. The molecule has 0 aromatic heterocycles. The number of likely N-dealkylation sites (tertiary alicyclic amines) is 1. The predicted molar refractivity (Wildman–Crippen MR) is 123 cm³/mol. The normalized spacial score (nSPS) is 20.6. The SMILES string of the molecule is CCOC(=O)C1CCCN(CC(=O)NCCN2C(=O)S/C(=C\c3ccccc3Cl)C2=O)C1. The van der Waals surface area contributed by atoms with Crippen LogP contribution in [0.1, 0.15) is 25.3 Å². The molecule has 0 radical (unpaired) electrons. The molecule has 2 heterocycles. The van der Waals surface area contributed by atoms with Gasteiger partial charge in [-0.25, -0.2) is 0 Å². The van der Waals surface area contributed by atoms with Gasteiger partial charge in [0.05, 0.1) is 24.0 Å². The number of benzene rings is 1. The molecular formula is C22H26ClN3O5S. The second kappa shape index (κ2) is 11.5. The van der Waals surface area contributed by atoms with E-state index in [1.165, 1.54) is 0 Å². The van der Waals surface area contributed by atoms with Crippen LogP contribution in [0.4, 0.5) is 4.79 Å². The van der Waals surface area contributed by atoms with Crippen molar-refractivity contribution in [2.24, 2.45) is 5.92 Å². The van der Waals surface area contributed by atoms with Crippen LogP contribution < -0.4 is 5.32 Å². The van der Waals surface area contributed by atoms with Crippen LogP contribution in [0, 0.1) is 5.92 Å². The first-order chi connectivity index (χ1) is 15.4. The van der Waals surface area contributed by atoms with Crippen molar-refractivity contribution in [3.05, 3.63) is 39.8 Å². The van der Waals surface area contributed by atoms with Crippen molar-refractivity contribution in [1.29, 1.82) is 0 Å². The summed E-state index contributed by atoms with van der Waals surface area (Å²) in [6.07, 6.45) is 3.19. The molecule has 3 amide bonds. The lowest BCUT2D eigenvalue weighted by Crippen LogP contribution is -2.46. The molecule has 0 bridgehead atoms. The molecule has 1 aromatic carbocycles. The van der Waals surface area contributed by atoms with Crippen molar-refractivity contribution >= 4 is 52.5 Å². The fraction of sp³-hybridized carbons (Fsp3) is 0.455. The van der Waals surface area contributed by atoms with Gasteiger partial charge in [-0.05, 0) is 55.8 Å². The van der Waals surface area contributed by atoms with Crippen LogP contribution in [0.25, 0.3) is 6.08 Å². The van der Waals surface area contributed by atoms with E-state index in [2.05, 4.69) is 5.32 Å². The van der Waals surface area contributed by atoms with Crippen molar-refractivity contribution in [3.8, 4) is 0 Å². The highest BCUT2D eigenvalue weighted by atomic mass is 35.5. The molecule has 1 aromatic rings. The summed E-state index contributed by atoms with van der Waals surface area (Å²) in [5.41, 5.74) is 0.663. The first-order valence-electron chi connectivity index (χ1n) is 10.5. The number of amides is 3. The molecule has 2 aliphatic heterocycles. The van der Waals surface area contributed by atoms with Gasteiger partial charge in [0.1, 0.15) is 0 Å². The Bertz CT molecular complexity index is 923. The van der Waals surface area contributed by atoms with Gasteiger partial charge in [0, 0.05) is 24.7 Å². The van der Waals surface area contributed by atoms with E-state index < -0.39 is 5.91 Å². The molecule has 1 unspecified atom stereocenters. The molecule has 0 spiro atoms. The van der Waals surface area contributed by atoms with E-state index in [4.69, 9.17) is 16.3 Å². The molecule has 172 valence electrons. The Labute approximate surface area is 196 Å². The van der Waals surface area contributed by atoms with Crippen molar-refractivity contribution in [1.82, 2.24) is 15.1 Å². The average Bonchev–Trinajstić information content (AvgIpc) is 3.03. The highest BCUT2D eigenvalue weighted by molar-refractivity contribution is 8.18. The van der Waals surface area contributed by atoms with Crippen LogP contribution in [-0.2, 0) is 19.1 Å². The smallest absolute Gasteiger partial charge is 0.310 e. The third-order valence-electron chi connectivity index (χ3n) is 5.22. The zero-order valence-electron chi connectivity index (χ0n) is 17.8. The maximum atomic E-state index is 12.6. The molecule has 0 saturated carbocycles. The highest BCUT2D eigenvalue weighted by Crippen LogP contribution is 2.33. The molecule has 2 fully saturated rings. The van der Waals surface area contributed by atoms with Gasteiger partial charge in [-0.3, -0.25) is 29.0 Å². The lowest BCUT2D eigenvalue weighted by Gasteiger charge is -2.30. The number of esters is 1. The number of carbonyl (C=O) groups is 4. The number of hydrogen-bond acceptors (Lipinski definition) is 7. The van der Waals surface area contributed by atoms with Crippen LogP contribution in [0.15, 0.2) is 29.2 Å². The molecule has 2 aliphatic rings. The van der Waals surface area contributed by atoms with Gasteiger partial charge in [-0.1, -0.05) is 29.8 Å². The predicted octanol–water partition coefficient (Wildman–Crippen LogP) is 2.77. The number of carbonyl (C=O) groups excluding carboxylic acids is 4. The summed E-state index contributed by atoms with van der Waals surface area (Å²) >= 11 is 6.98. The number of nitrogens with one attached hydrogen (secondary N) is 1. The molecule has 3 rings (SSSR count). The Kier molecular flexibility index (Phi) is 8.72. The second-order valence-electron chi connectivity index (χ2n) is 7.53. The molecule has 8 nitrogen and oxygen atoms in total. The average molecular weight is 480 g/mol.